The van der Waals surface area contributed by atoms with Crippen molar-refractivity contribution in [1.82, 2.24) is 19.8 Å². The lowest BCUT2D eigenvalue weighted by Crippen LogP contribution is -2.59. The Morgan fingerprint density at radius 1 is 1.10 bits per heavy atom. The first kappa shape index (κ1) is 19.4. The third kappa shape index (κ3) is 3.80. The molecule has 1 aromatic heterocycles. The zero-order valence-corrected chi connectivity index (χ0v) is 17.7. The highest BCUT2D eigenvalue weighted by Gasteiger charge is 2.30. The maximum atomic E-state index is 8.45. The van der Waals surface area contributed by atoms with Gasteiger partial charge in [-0.1, -0.05) is 24.3 Å². The molecular formula is C24H25N7. The number of aromatic nitrogens is 2. The lowest BCUT2D eigenvalue weighted by Gasteiger charge is -2.44. The zero-order chi connectivity index (χ0) is 21.4. The summed E-state index contributed by atoms with van der Waals surface area (Å²) in [5, 5.41) is 11.8. The molecule has 5 rings (SSSR count). The molecule has 156 valence electrons. The van der Waals surface area contributed by atoms with Gasteiger partial charge in [-0.05, 0) is 38.4 Å². The molecule has 3 heterocycles. The molecule has 0 bridgehead atoms. The van der Waals surface area contributed by atoms with E-state index in [9.17, 15) is 0 Å². The quantitative estimate of drug-likeness (QED) is 0.508. The average molecular weight is 412 g/mol. The van der Waals surface area contributed by atoms with Crippen LogP contribution in [-0.4, -0.2) is 65.0 Å². The van der Waals surface area contributed by atoms with Gasteiger partial charge in [-0.15, -0.1) is 0 Å². The summed E-state index contributed by atoms with van der Waals surface area (Å²) in [6, 6.07) is 16.6. The van der Waals surface area contributed by atoms with Crippen molar-refractivity contribution < 1.29 is 0 Å². The van der Waals surface area contributed by atoms with Crippen molar-refractivity contribution in [3.05, 3.63) is 71.4 Å². The van der Waals surface area contributed by atoms with Crippen LogP contribution in [0.5, 0.6) is 0 Å². The van der Waals surface area contributed by atoms with Gasteiger partial charge in [-0.25, -0.2) is 9.97 Å². The van der Waals surface area contributed by atoms with Gasteiger partial charge in [0, 0.05) is 59.5 Å². The molecule has 0 radical (unpaired) electrons. The molecule has 2 aliphatic heterocycles. The van der Waals surface area contributed by atoms with Crippen LogP contribution in [0.15, 0.2) is 59.7 Å². The SMILES string of the molecule is CN(C)C1CN(C(=N)c2ccc(Nc3ncc4c(n3)-c3ccccc3C=NC4)cc2)C1. The Bertz CT molecular complexity index is 1140. The number of likely N-dealkylation sites (N-methyl/N-ethyl adjacent to an activating group) is 1. The van der Waals surface area contributed by atoms with Gasteiger partial charge in [-0.2, -0.15) is 0 Å². The number of fused-ring (bicyclic) bond motifs is 3. The lowest BCUT2D eigenvalue weighted by atomic mass is 10.0. The Labute approximate surface area is 182 Å². The smallest absolute Gasteiger partial charge is 0.227 e. The second-order valence-corrected chi connectivity index (χ2v) is 8.20. The van der Waals surface area contributed by atoms with Crippen molar-refractivity contribution >= 4 is 23.7 Å². The van der Waals surface area contributed by atoms with Crippen molar-refractivity contribution in [1.29, 1.82) is 5.41 Å². The highest BCUT2D eigenvalue weighted by Crippen LogP contribution is 2.28. The van der Waals surface area contributed by atoms with E-state index in [2.05, 4.69) is 51.3 Å². The first-order chi connectivity index (χ1) is 15.1. The number of hydrogen-bond acceptors (Lipinski definition) is 6. The fraction of sp³-hybridized carbons (Fsp3) is 0.250. The molecular weight excluding hydrogens is 386 g/mol. The maximum absolute atomic E-state index is 8.45. The summed E-state index contributed by atoms with van der Waals surface area (Å²) >= 11 is 0. The molecule has 2 aliphatic rings. The van der Waals surface area contributed by atoms with Gasteiger partial charge in [0.15, 0.2) is 0 Å². The van der Waals surface area contributed by atoms with Crippen LogP contribution in [0.3, 0.4) is 0 Å². The average Bonchev–Trinajstić information content (AvgIpc) is 2.92. The number of nitrogens with one attached hydrogen (secondary N) is 2. The lowest BCUT2D eigenvalue weighted by molar-refractivity contribution is 0.124. The topological polar surface area (TPSA) is 80.5 Å². The van der Waals surface area contributed by atoms with E-state index in [1.165, 1.54) is 0 Å². The first-order valence-corrected chi connectivity index (χ1v) is 10.4. The van der Waals surface area contributed by atoms with E-state index >= 15 is 0 Å². The highest BCUT2D eigenvalue weighted by molar-refractivity contribution is 5.97. The molecule has 2 aromatic carbocycles. The Morgan fingerprint density at radius 2 is 1.87 bits per heavy atom. The van der Waals surface area contributed by atoms with Gasteiger partial charge in [-0.3, -0.25) is 10.4 Å². The fourth-order valence-corrected chi connectivity index (χ4v) is 3.87. The van der Waals surface area contributed by atoms with Crippen LogP contribution < -0.4 is 5.32 Å². The number of rotatable bonds is 4. The molecule has 3 aromatic rings. The summed E-state index contributed by atoms with van der Waals surface area (Å²) in [5.74, 6) is 1.12. The summed E-state index contributed by atoms with van der Waals surface area (Å²) < 4.78 is 0. The summed E-state index contributed by atoms with van der Waals surface area (Å²) in [6.07, 6.45) is 3.75. The molecule has 31 heavy (non-hydrogen) atoms. The standard InChI is InChI=1S/C24H25N7/c1-30(2)20-14-31(15-20)23(25)16-7-9-19(10-8-16)28-24-27-13-18-12-26-11-17-5-3-4-6-21(17)22(18)29-24/h3-11,13,20,25H,12,14-15H2,1-2H3,(H,27,28,29). The number of benzene rings is 2. The van der Waals surface area contributed by atoms with Gasteiger partial charge in [0.25, 0.3) is 0 Å². The van der Waals surface area contributed by atoms with Gasteiger partial charge >= 0.3 is 0 Å². The maximum Gasteiger partial charge on any atom is 0.227 e. The third-order valence-electron chi connectivity index (χ3n) is 5.90. The Morgan fingerprint density at radius 3 is 2.65 bits per heavy atom. The van der Waals surface area contributed by atoms with Crippen molar-refractivity contribution in [2.75, 3.05) is 32.5 Å². The molecule has 7 heteroatoms. The van der Waals surface area contributed by atoms with Gasteiger partial charge in [0.05, 0.1) is 12.2 Å². The van der Waals surface area contributed by atoms with Crippen molar-refractivity contribution in [3.63, 3.8) is 0 Å². The summed E-state index contributed by atoms with van der Waals surface area (Å²) in [5.41, 5.74) is 5.87. The van der Waals surface area contributed by atoms with Gasteiger partial charge < -0.3 is 15.1 Å². The number of likely N-dealkylation sites (tertiary alicyclic amines) is 1. The van der Waals surface area contributed by atoms with E-state index in [-0.39, 0.29) is 0 Å². The molecule has 7 nitrogen and oxygen atoms in total. The number of aliphatic imine (C=N–C) groups is 1. The largest absolute Gasteiger partial charge is 0.353 e. The van der Waals surface area contributed by atoms with Crippen LogP contribution in [-0.2, 0) is 6.54 Å². The van der Waals surface area contributed by atoms with Crippen LogP contribution in [0.1, 0.15) is 16.7 Å². The van der Waals surface area contributed by atoms with E-state index < -0.39 is 0 Å². The molecule has 2 N–H and O–H groups in total. The second-order valence-electron chi connectivity index (χ2n) is 8.20. The van der Waals surface area contributed by atoms with Crippen molar-refractivity contribution in [2.24, 2.45) is 4.99 Å². The predicted molar refractivity (Wildman–Crippen MR) is 124 cm³/mol. The van der Waals surface area contributed by atoms with Crippen LogP contribution in [0.4, 0.5) is 11.6 Å². The molecule has 1 saturated heterocycles. The molecule has 1 fully saturated rings. The summed E-state index contributed by atoms with van der Waals surface area (Å²) in [7, 11) is 4.17. The number of anilines is 2. The molecule has 0 spiro atoms. The number of amidine groups is 1. The molecule has 0 saturated carbocycles. The molecule has 0 aliphatic carbocycles. The van der Waals surface area contributed by atoms with E-state index in [1.54, 1.807) is 0 Å². The normalized spacial score (nSPS) is 15.1. The van der Waals surface area contributed by atoms with E-state index in [0.29, 0.717) is 24.4 Å². The molecule has 0 unspecified atom stereocenters. The van der Waals surface area contributed by atoms with Crippen LogP contribution in [0.2, 0.25) is 0 Å². The van der Waals surface area contributed by atoms with Gasteiger partial charge in [0.2, 0.25) is 5.95 Å². The monoisotopic (exact) mass is 411 g/mol. The van der Waals surface area contributed by atoms with E-state index in [1.807, 2.05) is 48.8 Å². The fourth-order valence-electron chi connectivity index (χ4n) is 3.87. The van der Waals surface area contributed by atoms with E-state index in [4.69, 9.17) is 10.4 Å². The summed E-state index contributed by atoms with van der Waals surface area (Å²) in [4.78, 5) is 18.1. The molecule has 0 amide bonds. The Kier molecular flexibility index (Phi) is 4.95. The predicted octanol–water partition coefficient (Wildman–Crippen LogP) is 3.39. The minimum atomic E-state index is 0.530. The minimum Gasteiger partial charge on any atom is -0.353 e. The summed E-state index contributed by atoms with van der Waals surface area (Å²) in [6.45, 7) is 2.38. The second kappa shape index (κ2) is 7.92. The van der Waals surface area contributed by atoms with Crippen molar-refractivity contribution in [3.8, 4) is 11.3 Å². The third-order valence-corrected chi connectivity index (χ3v) is 5.90. The van der Waals surface area contributed by atoms with E-state index in [0.717, 1.165) is 46.7 Å². The van der Waals surface area contributed by atoms with Crippen molar-refractivity contribution in [2.45, 2.75) is 12.6 Å². The van der Waals surface area contributed by atoms with Crippen LogP contribution in [0.25, 0.3) is 11.3 Å². The highest BCUT2D eigenvalue weighted by atomic mass is 15.3. The van der Waals surface area contributed by atoms with Crippen LogP contribution >= 0.6 is 0 Å². The first-order valence-electron chi connectivity index (χ1n) is 10.4. The zero-order valence-electron chi connectivity index (χ0n) is 17.7. The Hall–Kier alpha value is -3.58. The Balaban J connectivity index is 1.32. The number of nitrogens with zero attached hydrogens (tertiary/aromatic N) is 5. The molecule has 0 atom stereocenters. The van der Waals surface area contributed by atoms with Crippen LogP contribution in [0, 0.1) is 5.41 Å². The number of hydrogen-bond donors (Lipinski definition) is 2. The van der Waals surface area contributed by atoms with Gasteiger partial charge in [0.1, 0.15) is 5.84 Å². The minimum absolute atomic E-state index is 0.530.